The maximum Gasteiger partial charge on any atom is 0.325 e. The number of pyridine rings is 1. The van der Waals surface area contributed by atoms with Crippen LogP contribution in [-0.4, -0.2) is 39.7 Å². The fraction of sp³-hybridized carbons (Fsp3) is 0.353. The summed E-state index contributed by atoms with van der Waals surface area (Å²) in [7, 11) is 0. The van der Waals surface area contributed by atoms with Crippen molar-refractivity contribution in [2.45, 2.75) is 25.1 Å². The Morgan fingerprint density at radius 3 is 2.74 bits per heavy atom. The summed E-state index contributed by atoms with van der Waals surface area (Å²) >= 11 is 1.70. The van der Waals surface area contributed by atoms with E-state index < -0.39 is 5.54 Å². The van der Waals surface area contributed by atoms with Gasteiger partial charge in [0.1, 0.15) is 5.54 Å². The number of hydrogen-bond donors (Lipinski definition) is 1. The van der Waals surface area contributed by atoms with Gasteiger partial charge in [-0.15, -0.1) is 0 Å². The van der Waals surface area contributed by atoms with E-state index in [9.17, 15) is 9.59 Å². The molecule has 1 aromatic heterocycles. The average Bonchev–Trinajstić information content (AvgIpc) is 2.72. The number of benzene rings is 1. The zero-order valence-corrected chi connectivity index (χ0v) is 14.0. The Morgan fingerprint density at radius 2 is 2.00 bits per heavy atom. The molecule has 3 amide bonds. The number of amides is 3. The van der Waals surface area contributed by atoms with E-state index in [-0.39, 0.29) is 11.9 Å². The third-order valence-electron chi connectivity index (χ3n) is 3.88. The molecular formula is C17H19N3O2S. The maximum absolute atomic E-state index is 12.1. The quantitative estimate of drug-likeness (QED) is 0.677. The summed E-state index contributed by atoms with van der Waals surface area (Å²) in [4.78, 5) is 29.7. The van der Waals surface area contributed by atoms with Gasteiger partial charge in [0, 0.05) is 29.6 Å². The van der Waals surface area contributed by atoms with E-state index in [4.69, 9.17) is 0 Å². The molecule has 1 saturated heterocycles. The summed E-state index contributed by atoms with van der Waals surface area (Å²) < 4.78 is 0. The van der Waals surface area contributed by atoms with Crippen LogP contribution >= 0.6 is 11.8 Å². The van der Waals surface area contributed by atoms with Crippen molar-refractivity contribution in [2.24, 2.45) is 0 Å². The molecule has 1 N–H and O–H groups in total. The lowest BCUT2D eigenvalue weighted by atomic mass is 10.1. The van der Waals surface area contributed by atoms with E-state index in [1.807, 2.05) is 24.3 Å². The molecule has 5 nitrogen and oxygen atoms in total. The van der Waals surface area contributed by atoms with E-state index in [1.165, 1.54) is 10.5 Å². The Morgan fingerprint density at radius 1 is 1.22 bits per heavy atom. The normalized spacial score (nSPS) is 16.9. The lowest BCUT2D eigenvalue weighted by Gasteiger charge is -2.15. The molecule has 0 saturated carbocycles. The highest BCUT2D eigenvalue weighted by atomic mass is 32.2. The number of carbonyl (C=O) groups excluding carboxylic acids is 2. The first kappa shape index (κ1) is 15.8. The summed E-state index contributed by atoms with van der Waals surface area (Å²) in [5.74, 6) is 1.36. The summed E-state index contributed by atoms with van der Waals surface area (Å²) in [5, 5.41) is 3.82. The van der Waals surface area contributed by atoms with Crippen molar-refractivity contribution in [2.75, 3.05) is 12.3 Å². The number of thioether (sulfide) groups is 1. The zero-order valence-electron chi connectivity index (χ0n) is 13.2. The summed E-state index contributed by atoms with van der Waals surface area (Å²) in [6.07, 6.45) is 1.80. The minimum absolute atomic E-state index is 0.157. The number of rotatable bonds is 5. The van der Waals surface area contributed by atoms with Gasteiger partial charge in [0.2, 0.25) is 0 Å². The number of nitrogens with zero attached hydrogens (tertiary/aromatic N) is 2. The number of urea groups is 1. The number of hydrogen-bond acceptors (Lipinski definition) is 4. The number of imide groups is 1. The molecule has 2 heterocycles. The van der Waals surface area contributed by atoms with Crippen molar-refractivity contribution in [1.82, 2.24) is 15.2 Å². The highest BCUT2D eigenvalue weighted by molar-refractivity contribution is 7.98. The molecule has 0 aliphatic carbocycles. The number of fused-ring (bicyclic) bond motifs is 1. The van der Waals surface area contributed by atoms with Gasteiger partial charge in [-0.05, 0) is 25.5 Å². The van der Waals surface area contributed by atoms with Crippen molar-refractivity contribution in [3.63, 3.8) is 0 Å². The van der Waals surface area contributed by atoms with E-state index >= 15 is 0 Å². The van der Waals surface area contributed by atoms with Gasteiger partial charge >= 0.3 is 6.03 Å². The standard InChI is InChI=1S/C17H19N3O2S/c1-17(2)15(21)20(16(22)19-17)9-10-23-11-13-6-3-5-12-7-4-8-18-14(12)13/h3-8H,9-11H2,1-2H3,(H,19,22). The third kappa shape index (κ3) is 3.17. The third-order valence-corrected chi connectivity index (χ3v) is 4.86. The van der Waals surface area contributed by atoms with Gasteiger partial charge in [-0.3, -0.25) is 14.7 Å². The average molecular weight is 329 g/mol. The molecule has 120 valence electrons. The fourth-order valence-electron chi connectivity index (χ4n) is 2.64. The predicted octanol–water partition coefficient (Wildman–Crippen LogP) is 2.80. The molecule has 1 aliphatic heterocycles. The summed E-state index contributed by atoms with van der Waals surface area (Å²) in [6, 6.07) is 9.82. The second kappa shape index (κ2) is 6.20. The van der Waals surface area contributed by atoms with Crippen molar-refractivity contribution >= 4 is 34.6 Å². The lowest BCUT2D eigenvalue weighted by molar-refractivity contribution is -0.130. The highest BCUT2D eigenvalue weighted by Gasteiger charge is 2.43. The minimum Gasteiger partial charge on any atom is -0.324 e. The molecule has 3 rings (SSSR count). The summed E-state index contributed by atoms with van der Waals surface area (Å²) in [5.41, 5.74) is 1.39. The van der Waals surface area contributed by atoms with Crippen LogP contribution in [0.2, 0.25) is 0 Å². The number of aromatic nitrogens is 1. The van der Waals surface area contributed by atoms with Gasteiger partial charge in [-0.2, -0.15) is 11.8 Å². The first-order valence-corrected chi connectivity index (χ1v) is 8.69. The van der Waals surface area contributed by atoms with Crippen LogP contribution in [0.4, 0.5) is 4.79 Å². The maximum atomic E-state index is 12.1. The molecule has 0 bridgehead atoms. The topological polar surface area (TPSA) is 62.3 Å². The molecule has 0 spiro atoms. The molecule has 0 radical (unpaired) electrons. The van der Waals surface area contributed by atoms with Gasteiger partial charge < -0.3 is 5.32 Å². The van der Waals surface area contributed by atoms with E-state index in [1.54, 1.807) is 31.8 Å². The second-order valence-corrected chi connectivity index (χ2v) is 7.16. The van der Waals surface area contributed by atoms with Gasteiger partial charge in [0.05, 0.1) is 5.52 Å². The van der Waals surface area contributed by atoms with Crippen molar-refractivity contribution < 1.29 is 9.59 Å². The number of nitrogens with one attached hydrogen (secondary N) is 1. The van der Waals surface area contributed by atoms with Crippen LogP contribution in [0.1, 0.15) is 19.4 Å². The molecule has 6 heteroatoms. The highest BCUT2D eigenvalue weighted by Crippen LogP contribution is 2.22. The molecular weight excluding hydrogens is 310 g/mol. The first-order valence-electron chi connectivity index (χ1n) is 7.53. The molecule has 1 aromatic carbocycles. The molecule has 0 atom stereocenters. The Labute approximate surface area is 139 Å². The monoisotopic (exact) mass is 329 g/mol. The van der Waals surface area contributed by atoms with Crippen LogP contribution < -0.4 is 5.32 Å². The Balaban J connectivity index is 1.58. The molecule has 2 aromatic rings. The van der Waals surface area contributed by atoms with Crippen LogP contribution in [0.3, 0.4) is 0 Å². The molecule has 1 aliphatic rings. The Bertz CT molecular complexity index is 755. The van der Waals surface area contributed by atoms with Crippen LogP contribution in [0.15, 0.2) is 36.5 Å². The SMILES string of the molecule is CC1(C)NC(=O)N(CCSCc2cccc3cccnc23)C1=O. The number of carbonyl (C=O) groups is 2. The van der Waals surface area contributed by atoms with Crippen LogP contribution in [0.5, 0.6) is 0 Å². The summed E-state index contributed by atoms with van der Waals surface area (Å²) in [6.45, 7) is 3.88. The van der Waals surface area contributed by atoms with Crippen molar-refractivity contribution in [1.29, 1.82) is 0 Å². The largest absolute Gasteiger partial charge is 0.325 e. The molecule has 0 unspecified atom stereocenters. The second-order valence-electron chi connectivity index (χ2n) is 6.06. The van der Waals surface area contributed by atoms with Crippen molar-refractivity contribution in [3.05, 3.63) is 42.1 Å². The molecule has 23 heavy (non-hydrogen) atoms. The predicted molar refractivity (Wildman–Crippen MR) is 92.2 cm³/mol. The minimum atomic E-state index is -0.790. The van der Waals surface area contributed by atoms with E-state index in [2.05, 4.69) is 16.4 Å². The van der Waals surface area contributed by atoms with Crippen LogP contribution in [0.25, 0.3) is 10.9 Å². The van der Waals surface area contributed by atoms with E-state index in [0.717, 1.165) is 16.7 Å². The van der Waals surface area contributed by atoms with Gasteiger partial charge in [0.15, 0.2) is 0 Å². The number of para-hydroxylation sites is 1. The lowest BCUT2D eigenvalue weighted by Crippen LogP contribution is -2.40. The van der Waals surface area contributed by atoms with Crippen LogP contribution in [-0.2, 0) is 10.5 Å². The zero-order chi connectivity index (χ0) is 16.4. The van der Waals surface area contributed by atoms with Gasteiger partial charge in [-0.25, -0.2) is 4.79 Å². The smallest absolute Gasteiger partial charge is 0.324 e. The first-order chi connectivity index (χ1) is 11.0. The Kier molecular flexibility index (Phi) is 4.26. The van der Waals surface area contributed by atoms with Crippen LogP contribution in [0, 0.1) is 0 Å². The fourth-order valence-corrected chi connectivity index (χ4v) is 3.55. The van der Waals surface area contributed by atoms with Crippen molar-refractivity contribution in [3.8, 4) is 0 Å². The Hall–Kier alpha value is -2.08. The van der Waals surface area contributed by atoms with Gasteiger partial charge in [-0.1, -0.05) is 24.3 Å². The van der Waals surface area contributed by atoms with E-state index in [0.29, 0.717) is 12.3 Å². The molecule has 1 fully saturated rings. The van der Waals surface area contributed by atoms with Gasteiger partial charge in [0.25, 0.3) is 5.91 Å².